The van der Waals surface area contributed by atoms with Gasteiger partial charge in [0.05, 0.1) is 7.11 Å². The number of pyridine rings is 1. The summed E-state index contributed by atoms with van der Waals surface area (Å²) in [5, 5.41) is 4.32. The van der Waals surface area contributed by atoms with Crippen molar-refractivity contribution in [3.8, 4) is 5.75 Å². The lowest BCUT2D eigenvalue weighted by atomic mass is 10.1. The van der Waals surface area contributed by atoms with Crippen molar-refractivity contribution in [2.45, 2.75) is 19.4 Å². The van der Waals surface area contributed by atoms with Crippen molar-refractivity contribution >= 4 is 28.4 Å². The maximum atomic E-state index is 12.2. The number of nitrogens with one attached hydrogen (secondary N) is 2. The fourth-order valence-corrected chi connectivity index (χ4v) is 2.92. The molecule has 0 saturated carbocycles. The first-order chi connectivity index (χ1) is 12.6. The third-order valence-electron chi connectivity index (χ3n) is 4.18. The van der Waals surface area contributed by atoms with Gasteiger partial charge in [0.15, 0.2) is 0 Å². The van der Waals surface area contributed by atoms with Gasteiger partial charge in [-0.3, -0.25) is 9.59 Å². The maximum Gasteiger partial charge on any atom is 0.251 e. The number of ether oxygens (including phenoxy) is 1. The smallest absolute Gasteiger partial charge is 0.251 e. The molecule has 3 aromatic rings. The second-order valence-electron chi connectivity index (χ2n) is 5.95. The van der Waals surface area contributed by atoms with Crippen molar-refractivity contribution in [1.29, 1.82) is 0 Å². The molecule has 134 valence electrons. The average molecular weight is 371 g/mol. The third kappa shape index (κ3) is 4.24. The number of amides is 1. The summed E-state index contributed by atoms with van der Waals surface area (Å²) in [6, 6.07) is 14.6. The zero-order valence-electron chi connectivity index (χ0n) is 14.3. The molecule has 0 saturated heterocycles. The number of methoxy groups -OCH3 is 1. The molecular formula is C20H19ClN2O3. The number of H-pyrrole nitrogens is 1. The number of hydrogen-bond donors (Lipinski definition) is 2. The minimum Gasteiger partial charge on any atom is -0.497 e. The Morgan fingerprint density at radius 2 is 1.96 bits per heavy atom. The number of fused-ring (bicyclic) bond motifs is 1. The Balaban J connectivity index is 1.65. The number of rotatable bonds is 6. The van der Waals surface area contributed by atoms with Gasteiger partial charge < -0.3 is 15.0 Å². The van der Waals surface area contributed by atoms with Crippen molar-refractivity contribution in [3.63, 3.8) is 0 Å². The van der Waals surface area contributed by atoms with Gasteiger partial charge in [-0.25, -0.2) is 0 Å². The Kier molecular flexibility index (Phi) is 5.58. The van der Waals surface area contributed by atoms with Crippen LogP contribution in [0.1, 0.15) is 17.5 Å². The molecule has 26 heavy (non-hydrogen) atoms. The fourth-order valence-electron chi connectivity index (χ4n) is 2.71. The quantitative estimate of drug-likeness (QED) is 0.698. The Hall–Kier alpha value is -2.79. The summed E-state index contributed by atoms with van der Waals surface area (Å²) in [5.41, 5.74) is 1.99. The number of carbonyl (C=O) groups excluding carboxylic acids is 1. The predicted octanol–water partition coefficient (Wildman–Crippen LogP) is 3.44. The highest BCUT2D eigenvalue weighted by Crippen LogP contribution is 2.19. The van der Waals surface area contributed by atoms with Crippen molar-refractivity contribution in [2.24, 2.45) is 0 Å². The number of aromatic nitrogens is 1. The van der Waals surface area contributed by atoms with E-state index in [0.717, 1.165) is 16.5 Å². The Labute approximate surface area is 156 Å². The van der Waals surface area contributed by atoms with Crippen LogP contribution in [0.5, 0.6) is 5.75 Å². The summed E-state index contributed by atoms with van der Waals surface area (Å²) in [4.78, 5) is 27.1. The van der Waals surface area contributed by atoms with Gasteiger partial charge in [-0.2, -0.15) is 0 Å². The zero-order valence-corrected chi connectivity index (χ0v) is 15.1. The second kappa shape index (κ2) is 8.06. The summed E-state index contributed by atoms with van der Waals surface area (Å²) in [6.45, 7) is 0.365. The van der Waals surface area contributed by atoms with Gasteiger partial charge in [0, 0.05) is 34.5 Å². The number of carbonyl (C=O) groups is 1. The molecule has 1 amide bonds. The van der Waals surface area contributed by atoms with E-state index >= 15 is 0 Å². The highest BCUT2D eigenvalue weighted by Gasteiger charge is 2.08. The predicted molar refractivity (Wildman–Crippen MR) is 103 cm³/mol. The molecule has 0 aliphatic carbocycles. The van der Waals surface area contributed by atoms with Crippen molar-refractivity contribution in [3.05, 3.63) is 75.0 Å². The molecule has 0 aliphatic heterocycles. The summed E-state index contributed by atoms with van der Waals surface area (Å²) in [5.74, 6) is 0.586. The molecule has 1 aromatic heterocycles. The number of halogens is 1. The lowest BCUT2D eigenvalue weighted by Crippen LogP contribution is -2.24. The van der Waals surface area contributed by atoms with Gasteiger partial charge in [-0.05, 0) is 42.3 Å². The molecule has 0 aliphatic rings. The number of aromatic amines is 1. The molecule has 2 aromatic carbocycles. The topological polar surface area (TPSA) is 71.2 Å². The van der Waals surface area contributed by atoms with E-state index in [1.807, 2.05) is 24.3 Å². The molecule has 0 fully saturated rings. The van der Waals surface area contributed by atoms with E-state index in [1.165, 1.54) is 0 Å². The van der Waals surface area contributed by atoms with Crippen LogP contribution in [-0.4, -0.2) is 18.0 Å². The van der Waals surface area contributed by atoms with Crippen LogP contribution in [0.15, 0.2) is 53.3 Å². The molecule has 6 heteroatoms. The summed E-state index contributed by atoms with van der Waals surface area (Å²) in [7, 11) is 1.59. The van der Waals surface area contributed by atoms with Crippen LogP contribution in [0.25, 0.3) is 10.9 Å². The average Bonchev–Trinajstić information content (AvgIpc) is 2.65. The van der Waals surface area contributed by atoms with E-state index in [9.17, 15) is 9.59 Å². The summed E-state index contributed by atoms with van der Waals surface area (Å²) >= 11 is 6.07. The molecule has 0 spiro atoms. The van der Waals surface area contributed by atoms with E-state index in [4.69, 9.17) is 16.3 Å². The van der Waals surface area contributed by atoms with Gasteiger partial charge in [-0.1, -0.05) is 29.8 Å². The first-order valence-corrected chi connectivity index (χ1v) is 8.64. The largest absolute Gasteiger partial charge is 0.497 e. The minimum absolute atomic E-state index is 0.130. The minimum atomic E-state index is -0.179. The van der Waals surface area contributed by atoms with Crippen LogP contribution in [0, 0.1) is 0 Å². The lowest BCUT2D eigenvalue weighted by molar-refractivity contribution is -0.121. The molecule has 5 nitrogen and oxygen atoms in total. The van der Waals surface area contributed by atoms with Crippen LogP contribution >= 0.6 is 11.6 Å². The van der Waals surface area contributed by atoms with E-state index in [2.05, 4.69) is 10.3 Å². The van der Waals surface area contributed by atoms with E-state index in [1.54, 1.807) is 31.4 Å². The number of benzene rings is 2. The van der Waals surface area contributed by atoms with Crippen molar-refractivity contribution < 1.29 is 9.53 Å². The van der Waals surface area contributed by atoms with E-state index in [0.29, 0.717) is 29.3 Å². The Morgan fingerprint density at radius 3 is 2.73 bits per heavy atom. The fraction of sp³-hybridized carbons (Fsp3) is 0.200. The van der Waals surface area contributed by atoms with Crippen LogP contribution < -0.4 is 15.6 Å². The normalized spacial score (nSPS) is 10.7. The van der Waals surface area contributed by atoms with Crippen LogP contribution in [0.3, 0.4) is 0 Å². The standard InChI is InChI=1S/C20H19ClN2O3/c1-26-16-7-8-18-15(11-16)10-13(20(25)23-18)6-9-19(24)22-12-14-4-2-3-5-17(14)21/h2-5,7-8,10-11H,6,9,12H2,1H3,(H,22,24)(H,23,25). The molecule has 2 N–H and O–H groups in total. The summed E-state index contributed by atoms with van der Waals surface area (Å²) in [6.07, 6.45) is 0.583. The molecule has 1 heterocycles. The van der Waals surface area contributed by atoms with Crippen LogP contribution in [0.4, 0.5) is 0 Å². The van der Waals surface area contributed by atoms with Gasteiger partial charge in [0.2, 0.25) is 5.91 Å². The summed E-state index contributed by atoms with van der Waals surface area (Å²) < 4.78 is 5.21. The zero-order chi connectivity index (χ0) is 18.5. The first-order valence-electron chi connectivity index (χ1n) is 8.27. The third-order valence-corrected chi connectivity index (χ3v) is 4.55. The molecule has 3 rings (SSSR count). The number of aryl methyl sites for hydroxylation is 1. The lowest BCUT2D eigenvalue weighted by Gasteiger charge is -2.08. The first kappa shape index (κ1) is 18.0. The SMILES string of the molecule is COc1ccc2[nH]c(=O)c(CCC(=O)NCc3ccccc3Cl)cc2c1. The second-order valence-corrected chi connectivity index (χ2v) is 6.35. The van der Waals surface area contributed by atoms with E-state index < -0.39 is 0 Å². The van der Waals surface area contributed by atoms with Gasteiger partial charge in [0.25, 0.3) is 5.56 Å². The molecule has 0 unspecified atom stereocenters. The molecular weight excluding hydrogens is 352 g/mol. The highest BCUT2D eigenvalue weighted by molar-refractivity contribution is 6.31. The van der Waals surface area contributed by atoms with E-state index in [-0.39, 0.29) is 17.9 Å². The van der Waals surface area contributed by atoms with Crippen molar-refractivity contribution in [1.82, 2.24) is 10.3 Å². The Morgan fingerprint density at radius 1 is 1.15 bits per heavy atom. The van der Waals surface area contributed by atoms with Crippen molar-refractivity contribution in [2.75, 3.05) is 7.11 Å². The van der Waals surface area contributed by atoms with Crippen LogP contribution in [0.2, 0.25) is 5.02 Å². The van der Waals surface area contributed by atoms with Gasteiger partial charge >= 0.3 is 0 Å². The molecule has 0 atom stereocenters. The molecule has 0 radical (unpaired) electrons. The van der Waals surface area contributed by atoms with Gasteiger partial charge in [0.1, 0.15) is 5.75 Å². The monoisotopic (exact) mass is 370 g/mol. The maximum absolute atomic E-state index is 12.2. The Bertz CT molecular complexity index is 998. The number of hydrogen-bond acceptors (Lipinski definition) is 3. The van der Waals surface area contributed by atoms with Crippen LogP contribution in [-0.2, 0) is 17.8 Å². The molecule has 0 bridgehead atoms. The van der Waals surface area contributed by atoms with Gasteiger partial charge in [-0.15, -0.1) is 0 Å². The highest BCUT2D eigenvalue weighted by atomic mass is 35.5.